The van der Waals surface area contributed by atoms with Gasteiger partial charge in [-0.1, -0.05) is 0 Å². The molecule has 0 fully saturated rings. The number of ether oxygens (including phenoxy) is 1. The Kier molecular flexibility index (Phi) is 2.79. The number of nitrogen functional groups attached to an aromatic ring is 1. The van der Waals surface area contributed by atoms with E-state index < -0.39 is 0 Å². The van der Waals surface area contributed by atoms with Crippen molar-refractivity contribution >= 4 is 11.3 Å². The van der Waals surface area contributed by atoms with Crippen LogP contribution in [0.3, 0.4) is 0 Å². The van der Waals surface area contributed by atoms with Gasteiger partial charge in [0.15, 0.2) is 5.65 Å². The second-order valence-corrected chi connectivity index (χ2v) is 4.17. The van der Waals surface area contributed by atoms with Crippen molar-refractivity contribution in [3.8, 4) is 5.75 Å². The lowest BCUT2D eigenvalue weighted by atomic mass is 10.3. The average molecular weight is 257 g/mol. The van der Waals surface area contributed by atoms with E-state index in [4.69, 9.17) is 10.5 Å². The van der Waals surface area contributed by atoms with Crippen LogP contribution in [0.15, 0.2) is 48.8 Å². The predicted molar refractivity (Wildman–Crippen MR) is 70.3 cm³/mol. The number of anilines is 1. The maximum Gasteiger partial charge on any atom is 0.160 e. The molecule has 0 saturated carbocycles. The molecule has 0 amide bonds. The van der Waals surface area contributed by atoms with E-state index >= 15 is 0 Å². The van der Waals surface area contributed by atoms with E-state index in [1.165, 1.54) is 12.1 Å². The number of hydrogen-bond acceptors (Lipinski definition) is 3. The topological polar surface area (TPSA) is 52.5 Å². The molecule has 3 rings (SSSR count). The summed E-state index contributed by atoms with van der Waals surface area (Å²) < 4.78 is 20.1. The standard InChI is InChI=1S/C14H12FN3O/c15-10-3-5-12(6-4-10)19-9-11-8-18-7-1-2-13(16)14(18)17-11/h1-8H,9,16H2. The molecule has 96 valence electrons. The molecular formula is C14H12FN3O. The number of pyridine rings is 1. The summed E-state index contributed by atoms with van der Waals surface area (Å²) in [5.41, 5.74) is 7.92. The van der Waals surface area contributed by atoms with E-state index in [1.54, 1.807) is 18.2 Å². The van der Waals surface area contributed by atoms with Gasteiger partial charge in [-0.2, -0.15) is 0 Å². The number of rotatable bonds is 3. The van der Waals surface area contributed by atoms with Crippen molar-refractivity contribution in [3.05, 3.63) is 60.3 Å². The van der Waals surface area contributed by atoms with Crippen LogP contribution >= 0.6 is 0 Å². The fourth-order valence-corrected chi connectivity index (χ4v) is 1.84. The van der Waals surface area contributed by atoms with Crippen molar-refractivity contribution in [1.82, 2.24) is 9.38 Å². The average Bonchev–Trinajstić information content (AvgIpc) is 2.83. The molecule has 2 heterocycles. The van der Waals surface area contributed by atoms with Gasteiger partial charge in [0.2, 0.25) is 0 Å². The van der Waals surface area contributed by atoms with Crippen LogP contribution in [0.5, 0.6) is 5.75 Å². The summed E-state index contributed by atoms with van der Waals surface area (Å²) in [5.74, 6) is 0.319. The number of imidazole rings is 1. The van der Waals surface area contributed by atoms with Crippen molar-refractivity contribution < 1.29 is 9.13 Å². The Morgan fingerprint density at radius 3 is 2.74 bits per heavy atom. The summed E-state index contributed by atoms with van der Waals surface area (Å²) >= 11 is 0. The van der Waals surface area contributed by atoms with E-state index in [2.05, 4.69) is 4.98 Å². The highest BCUT2D eigenvalue weighted by Crippen LogP contribution is 2.16. The molecule has 0 saturated heterocycles. The lowest BCUT2D eigenvalue weighted by Crippen LogP contribution is -1.95. The van der Waals surface area contributed by atoms with Gasteiger partial charge in [-0.25, -0.2) is 9.37 Å². The highest BCUT2D eigenvalue weighted by atomic mass is 19.1. The number of nitrogens with two attached hydrogens (primary N) is 1. The summed E-state index contributed by atoms with van der Waals surface area (Å²) in [4.78, 5) is 4.38. The second kappa shape index (κ2) is 4.61. The quantitative estimate of drug-likeness (QED) is 0.784. The minimum Gasteiger partial charge on any atom is -0.487 e. The van der Waals surface area contributed by atoms with Crippen molar-refractivity contribution in [2.45, 2.75) is 6.61 Å². The number of nitrogens with zero attached hydrogens (tertiary/aromatic N) is 2. The highest BCUT2D eigenvalue weighted by molar-refractivity contribution is 5.64. The number of benzene rings is 1. The fourth-order valence-electron chi connectivity index (χ4n) is 1.84. The number of aromatic nitrogens is 2. The lowest BCUT2D eigenvalue weighted by molar-refractivity contribution is 0.301. The predicted octanol–water partition coefficient (Wildman–Crippen LogP) is 2.63. The van der Waals surface area contributed by atoms with Crippen LogP contribution in [-0.2, 0) is 6.61 Å². The Hall–Kier alpha value is -2.56. The van der Waals surface area contributed by atoms with Crippen LogP contribution in [0.1, 0.15) is 5.69 Å². The van der Waals surface area contributed by atoms with Gasteiger partial charge in [-0.05, 0) is 36.4 Å². The monoisotopic (exact) mass is 257 g/mol. The van der Waals surface area contributed by atoms with Crippen LogP contribution in [0, 0.1) is 5.82 Å². The van der Waals surface area contributed by atoms with Crippen molar-refractivity contribution in [2.75, 3.05) is 5.73 Å². The Labute approximate surface area is 109 Å². The summed E-state index contributed by atoms with van der Waals surface area (Å²) in [6.07, 6.45) is 3.73. The molecule has 2 aromatic heterocycles. The minimum atomic E-state index is -0.284. The van der Waals surface area contributed by atoms with Crippen LogP contribution < -0.4 is 10.5 Å². The highest BCUT2D eigenvalue weighted by Gasteiger charge is 2.04. The maximum atomic E-state index is 12.7. The smallest absolute Gasteiger partial charge is 0.160 e. The van der Waals surface area contributed by atoms with Gasteiger partial charge in [0.25, 0.3) is 0 Å². The third kappa shape index (κ3) is 2.35. The van der Waals surface area contributed by atoms with E-state index in [0.29, 0.717) is 23.7 Å². The van der Waals surface area contributed by atoms with E-state index in [1.807, 2.05) is 22.9 Å². The third-order valence-corrected chi connectivity index (χ3v) is 2.76. The fraction of sp³-hybridized carbons (Fsp3) is 0.0714. The summed E-state index contributed by atoms with van der Waals surface area (Å²) in [6, 6.07) is 9.54. The van der Waals surface area contributed by atoms with Crippen LogP contribution in [-0.4, -0.2) is 9.38 Å². The molecule has 0 unspecified atom stereocenters. The molecule has 0 radical (unpaired) electrons. The molecule has 0 spiro atoms. The Balaban J connectivity index is 1.78. The van der Waals surface area contributed by atoms with Gasteiger partial charge >= 0.3 is 0 Å². The van der Waals surface area contributed by atoms with E-state index in [0.717, 1.165) is 5.69 Å². The molecule has 5 heteroatoms. The largest absolute Gasteiger partial charge is 0.487 e. The Bertz CT molecular complexity index is 706. The molecule has 0 aliphatic rings. The van der Waals surface area contributed by atoms with Gasteiger partial charge < -0.3 is 14.9 Å². The molecule has 1 aromatic carbocycles. The Morgan fingerprint density at radius 2 is 2.00 bits per heavy atom. The van der Waals surface area contributed by atoms with Gasteiger partial charge in [-0.3, -0.25) is 0 Å². The van der Waals surface area contributed by atoms with E-state index in [9.17, 15) is 4.39 Å². The first-order valence-electron chi connectivity index (χ1n) is 5.83. The number of halogens is 1. The first-order chi connectivity index (χ1) is 9.22. The van der Waals surface area contributed by atoms with Gasteiger partial charge in [0.1, 0.15) is 18.2 Å². The molecule has 0 atom stereocenters. The van der Waals surface area contributed by atoms with Crippen LogP contribution in [0.4, 0.5) is 10.1 Å². The molecule has 0 bridgehead atoms. The van der Waals surface area contributed by atoms with E-state index in [-0.39, 0.29) is 5.82 Å². The van der Waals surface area contributed by atoms with Crippen molar-refractivity contribution in [1.29, 1.82) is 0 Å². The zero-order chi connectivity index (χ0) is 13.2. The molecule has 2 N–H and O–H groups in total. The normalized spacial score (nSPS) is 10.8. The second-order valence-electron chi connectivity index (χ2n) is 4.17. The molecule has 19 heavy (non-hydrogen) atoms. The molecular weight excluding hydrogens is 245 g/mol. The van der Waals surface area contributed by atoms with Crippen LogP contribution in [0.2, 0.25) is 0 Å². The van der Waals surface area contributed by atoms with Crippen LogP contribution in [0.25, 0.3) is 5.65 Å². The third-order valence-electron chi connectivity index (χ3n) is 2.76. The molecule has 3 aromatic rings. The summed E-state index contributed by atoms with van der Waals surface area (Å²) in [7, 11) is 0. The number of hydrogen-bond donors (Lipinski definition) is 1. The maximum absolute atomic E-state index is 12.7. The Morgan fingerprint density at radius 1 is 1.21 bits per heavy atom. The van der Waals surface area contributed by atoms with Crippen molar-refractivity contribution in [3.63, 3.8) is 0 Å². The SMILES string of the molecule is Nc1cccn2cc(COc3ccc(F)cc3)nc12. The summed E-state index contributed by atoms with van der Waals surface area (Å²) in [6.45, 7) is 0.312. The van der Waals surface area contributed by atoms with Gasteiger partial charge in [0.05, 0.1) is 11.4 Å². The molecule has 4 nitrogen and oxygen atoms in total. The zero-order valence-electron chi connectivity index (χ0n) is 10.1. The first kappa shape index (κ1) is 11.5. The van der Waals surface area contributed by atoms with Crippen molar-refractivity contribution in [2.24, 2.45) is 0 Å². The zero-order valence-corrected chi connectivity index (χ0v) is 10.1. The minimum absolute atomic E-state index is 0.284. The van der Waals surface area contributed by atoms with Gasteiger partial charge in [0, 0.05) is 12.4 Å². The first-order valence-corrected chi connectivity index (χ1v) is 5.83. The summed E-state index contributed by atoms with van der Waals surface area (Å²) in [5, 5.41) is 0. The lowest BCUT2D eigenvalue weighted by Gasteiger charge is -2.02. The molecule has 0 aliphatic heterocycles. The number of fused-ring (bicyclic) bond motifs is 1. The van der Waals surface area contributed by atoms with Gasteiger partial charge in [-0.15, -0.1) is 0 Å². The molecule has 0 aliphatic carbocycles.